The van der Waals surface area contributed by atoms with Gasteiger partial charge in [-0.05, 0) is 61.1 Å². The molecule has 1 aliphatic rings. The number of rotatable bonds is 6. The molecule has 1 aliphatic heterocycles. The molecule has 0 spiro atoms. The summed E-state index contributed by atoms with van der Waals surface area (Å²) in [7, 11) is -1.96. The lowest BCUT2D eigenvalue weighted by Gasteiger charge is -2.34. The van der Waals surface area contributed by atoms with Crippen molar-refractivity contribution in [1.82, 2.24) is 8.87 Å². The molecule has 34 heavy (non-hydrogen) atoms. The molecule has 0 saturated carbocycles. The Morgan fingerprint density at radius 2 is 1.79 bits per heavy atom. The van der Waals surface area contributed by atoms with Gasteiger partial charge in [-0.25, -0.2) is 8.42 Å². The molecular weight excluding hydrogens is 470 g/mol. The second-order valence-corrected chi connectivity index (χ2v) is 12.0. The highest BCUT2D eigenvalue weighted by molar-refractivity contribution is 7.89. The van der Waals surface area contributed by atoms with Crippen molar-refractivity contribution in [3.05, 3.63) is 52.8 Å². The Morgan fingerprint density at radius 1 is 1.12 bits per heavy atom. The van der Waals surface area contributed by atoms with Crippen LogP contribution in [0.3, 0.4) is 0 Å². The van der Waals surface area contributed by atoms with Gasteiger partial charge in [-0.15, -0.1) is 0 Å². The summed E-state index contributed by atoms with van der Waals surface area (Å²) in [5, 5.41) is 0. The number of aryl methyl sites for hydroxylation is 1. The van der Waals surface area contributed by atoms with E-state index < -0.39 is 15.9 Å². The normalized spacial score (nSPS) is 20.1. The first-order valence-electron chi connectivity index (χ1n) is 11.6. The van der Waals surface area contributed by atoms with Gasteiger partial charge in [0.25, 0.3) is 5.91 Å². The fourth-order valence-electron chi connectivity index (χ4n) is 4.57. The molecule has 0 radical (unpaired) electrons. The number of carbonyl (C=O) groups is 1. The topological polar surface area (TPSA) is 81.0 Å². The summed E-state index contributed by atoms with van der Waals surface area (Å²) in [5.74, 6) is 1.01. The first-order valence-corrected chi connectivity index (χ1v) is 13.8. The summed E-state index contributed by atoms with van der Waals surface area (Å²) in [6.45, 7) is 8.01. The first kappa shape index (κ1) is 24.6. The van der Waals surface area contributed by atoms with Crippen LogP contribution in [0.5, 0.6) is 5.75 Å². The van der Waals surface area contributed by atoms with E-state index >= 15 is 0 Å². The number of hydrogen-bond acceptors (Lipinski definition) is 5. The maximum Gasteiger partial charge on any atom is 0.279 e. The first-order chi connectivity index (χ1) is 16.2. The van der Waals surface area contributed by atoms with Crippen LogP contribution in [0.2, 0.25) is 0 Å². The number of piperidine rings is 1. The average Bonchev–Trinajstić information content (AvgIpc) is 3.14. The number of ether oxygens (including phenoxy) is 1. The second kappa shape index (κ2) is 10.0. The third kappa shape index (κ3) is 4.96. The predicted octanol–water partition coefficient (Wildman–Crippen LogP) is 4.53. The molecule has 0 aliphatic carbocycles. The van der Waals surface area contributed by atoms with Gasteiger partial charge in [0, 0.05) is 31.3 Å². The Balaban J connectivity index is 1.63. The minimum Gasteiger partial charge on any atom is -0.497 e. The van der Waals surface area contributed by atoms with Crippen LogP contribution >= 0.6 is 11.3 Å². The van der Waals surface area contributed by atoms with Gasteiger partial charge in [0.05, 0.1) is 22.2 Å². The third-order valence-corrected chi connectivity index (χ3v) is 9.01. The fraction of sp³-hybridized carbons (Fsp3) is 0.440. The van der Waals surface area contributed by atoms with E-state index in [0.717, 1.165) is 35.4 Å². The molecule has 2 atom stereocenters. The molecule has 1 amide bonds. The van der Waals surface area contributed by atoms with Gasteiger partial charge in [-0.1, -0.05) is 32.1 Å². The molecule has 2 heterocycles. The van der Waals surface area contributed by atoms with Crippen LogP contribution in [-0.4, -0.2) is 43.4 Å². The van der Waals surface area contributed by atoms with Crippen molar-refractivity contribution in [3.8, 4) is 5.75 Å². The molecule has 3 aromatic rings. The lowest BCUT2D eigenvalue weighted by Crippen LogP contribution is -2.42. The molecule has 7 nitrogen and oxygen atoms in total. The summed E-state index contributed by atoms with van der Waals surface area (Å²) >= 11 is 1.45. The summed E-state index contributed by atoms with van der Waals surface area (Å²) in [6.07, 6.45) is 1.92. The lowest BCUT2D eigenvalue weighted by atomic mass is 9.94. The number of nitrogens with zero attached hydrogens (tertiary/aromatic N) is 3. The van der Waals surface area contributed by atoms with Crippen LogP contribution < -0.4 is 9.54 Å². The van der Waals surface area contributed by atoms with E-state index in [1.807, 2.05) is 22.8 Å². The van der Waals surface area contributed by atoms with Crippen molar-refractivity contribution in [1.29, 1.82) is 0 Å². The number of methoxy groups -OCH3 is 1. The van der Waals surface area contributed by atoms with Crippen molar-refractivity contribution in [2.75, 3.05) is 20.2 Å². The zero-order chi connectivity index (χ0) is 24.5. The van der Waals surface area contributed by atoms with Crippen molar-refractivity contribution < 1.29 is 17.9 Å². The van der Waals surface area contributed by atoms with E-state index in [1.54, 1.807) is 23.5 Å². The second-order valence-electron chi connectivity index (χ2n) is 9.08. The van der Waals surface area contributed by atoms with E-state index in [9.17, 15) is 13.2 Å². The maximum absolute atomic E-state index is 13.1. The van der Waals surface area contributed by atoms with Gasteiger partial charge in [0.2, 0.25) is 10.0 Å². The van der Waals surface area contributed by atoms with Gasteiger partial charge in [-0.3, -0.25) is 4.79 Å². The smallest absolute Gasteiger partial charge is 0.279 e. The number of benzene rings is 2. The van der Waals surface area contributed by atoms with Crippen LogP contribution in [-0.2, 0) is 16.6 Å². The number of sulfonamides is 1. The van der Waals surface area contributed by atoms with Crippen molar-refractivity contribution in [2.45, 2.75) is 45.1 Å². The highest BCUT2D eigenvalue weighted by Gasteiger charge is 2.31. The number of fused-ring (bicyclic) bond motifs is 1. The van der Waals surface area contributed by atoms with Crippen LogP contribution in [0.15, 0.2) is 52.4 Å². The van der Waals surface area contributed by atoms with Crippen molar-refractivity contribution >= 4 is 37.5 Å². The summed E-state index contributed by atoms with van der Waals surface area (Å²) in [6, 6.07) is 11.9. The van der Waals surface area contributed by atoms with E-state index in [2.05, 4.69) is 25.8 Å². The SMILES string of the molecule is CCCn1c(=NC(=O)c2ccc(S(=O)(=O)N3CC(C)CC(C)C3)cc2)sc2ccc(OC)cc21. The fourth-order valence-corrected chi connectivity index (χ4v) is 7.29. The van der Waals surface area contributed by atoms with E-state index in [4.69, 9.17) is 4.74 Å². The Kier molecular flexibility index (Phi) is 7.25. The zero-order valence-electron chi connectivity index (χ0n) is 20.0. The molecule has 2 aromatic carbocycles. The summed E-state index contributed by atoms with van der Waals surface area (Å²) in [4.78, 5) is 18.2. The molecule has 1 aromatic heterocycles. The van der Waals surface area contributed by atoms with Gasteiger partial charge < -0.3 is 9.30 Å². The molecule has 182 valence electrons. The summed E-state index contributed by atoms with van der Waals surface area (Å²) < 4.78 is 36.2. The van der Waals surface area contributed by atoms with Gasteiger partial charge in [0.15, 0.2) is 4.80 Å². The maximum atomic E-state index is 13.1. The number of thiazole rings is 1. The van der Waals surface area contributed by atoms with E-state index in [0.29, 0.717) is 35.3 Å². The van der Waals surface area contributed by atoms with Crippen molar-refractivity contribution in [2.24, 2.45) is 16.8 Å². The highest BCUT2D eigenvalue weighted by atomic mass is 32.2. The quantitative estimate of drug-likeness (QED) is 0.497. The van der Waals surface area contributed by atoms with Crippen LogP contribution in [0.25, 0.3) is 10.2 Å². The number of aromatic nitrogens is 1. The number of carbonyl (C=O) groups excluding carboxylic acids is 1. The Morgan fingerprint density at radius 3 is 2.41 bits per heavy atom. The van der Waals surface area contributed by atoms with Gasteiger partial charge in [0.1, 0.15) is 5.75 Å². The van der Waals surface area contributed by atoms with Gasteiger partial charge >= 0.3 is 0 Å². The molecule has 2 unspecified atom stereocenters. The summed E-state index contributed by atoms with van der Waals surface area (Å²) in [5.41, 5.74) is 1.33. The molecule has 0 bridgehead atoms. The predicted molar refractivity (Wildman–Crippen MR) is 135 cm³/mol. The molecule has 0 N–H and O–H groups in total. The molecule has 1 fully saturated rings. The molecule has 4 rings (SSSR count). The lowest BCUT2D eigenvalue weighted by molar-refractivity contribution is 0.0997. The van der Waals surface area contributed by atoms with Crippen LogP contribution in [0, 0.1) is 11.8 Å². The van der Waals surface area contributed by atoms with E-state index in [1.165, 1.54) is 23.5 Å². The van der Waals surface area contributed by atoms with Crippen molar-refractivity contribution in [3.63, 3.8) is 0 Å². The van der Waals surface area contributed by atoms with E-state index in [-0.39, 0.29) is 4.90 Å². The Hall–Kier alpha value is -2.49. The minimum absolute atomic E-state index is 0.209. The minimum atomic E-state index is -3.59. The molecular formula is C25H31N3O4S2. The molecule has 9 heteroatoms. The molecule has 1 saturated heterocycles. The Labute approximate surface area is 204 Å². The largest absolute Gasteiger partial charge is 0.497 e. The third-order valence-electron chi connectivity index (χ3n) is 6.11. The Bertz CT molecular complexity index is 1350. The monoisotopic (exact) mass is 501 g/mol. The zero-order valence-corrected chi connectivity index (χ0v) is 21.7. The standard InChI is InChI=1S/C25H31N3O4S2/c1-5-12-28-22-14-20(32-4)8-11-23(22)33-25(28)26-24(29)19-6-9-21(10-7-19)34(30,31)27-15-17(2)13-18(3)16-27/h6-11,14,17-18H,5,12-13,15-16H2,1-4H3. The highest BCUT2D eigenvalue weighted by Crippen LogP contribution is 2.27. The van der Waals surface area contributed by atoms with Crippen LogP contribution in [0.4, 0.5) is 0 Å². The van der Waals surface area contributed by atoms with Crippen LogP contribution in [0.1, 0.15) is 44.0 Å². The number of hydrogen-bond donors (Lipinski definition) is 0. The van der Waals surface area contributed by atoms with Gasteiger partial charge in [-0.2, -0.15) is 9.30 Å². The average molecular weight is 502 g/mol. The number of amides is 1.